The molecule has 5 heteroatoms. The average molecular weight is 242 g/mol. The van der Waals surface area contributed by atoms with Crippen LogP contribution in [0.25, 0.3) is 0 Å². The van der Waals surface area contributed by atoms with Crippen LogP contribution in [0.5, 0.6) is 0 Å². The number of hydrogen-bond acceptors (Lipinski definition) is 3. The molecule has 0 saturated carbocycles. The smallest absolute Gasteiger partial charge is 0.307 e. The zero-order valence-electron chi connectivity index (χ0n) is 8.92. The molecule has 0 aliphatic carbocycles. The summed E-state index contributed by atoms with van der Waals surface area (Å²) < 4.78 is 12.0. The van der Waals surface area contributed by atoms with Crippen molar-refractivity contribution < 1.29 is 18.9 Å². The molecule has 0 atom stereocenters. The maximum atomic E-state index is 12.0. The second kappa shape index (κ2) is 5.03. The molecule has 0 aliphatic heterocycles. The van der Waals surface area contributed by atoms with E-state index in [0.717, 1.165) is 0 Å². The molecule has 0 saturated heterocycles. The third-order valence-corrected chi connectivity index (χ3v) is 4.82. The molecular formula is C11H14O4S. The van der Waals surface area contributed by atoms with Gasteiger partial charge < -0.3 is 5.11 Å². The number of benzene rings is 1. The van der Waals surface area contributed by atoms with Crippen LogP contribution in [0.2, 0.25) is 0 Å². The molecule has 1 aromatic rings. The van der Waals surface area contributed by atoms with E-state index in [1.807, 2.05) is 0 Å². The third kappa shape index (κ3) is 2.76. The predicted octanol–water partition coefficient (Wildman–Crippen LogP) is 0.899. The summed E-state index contributed by atoms with van der Waals surface area (Å²) in [7, 11) is -2.92. The van der Waals surface area contributed by atoms with Crippen LogP contribution in [-0.4, -0.2) is 26.7 Å². The molecule has 0 aromatic heterocycles. The van der Waals surface area contributed by atoms with Crippen LogP contribution in [0, 0.1) is 0 Å². The van der Waals surface area contributed by atoms with Gasteiger partial charge in [-0.1, -0.05) is 19.1 Å². The molecule has 0 amide bonds. The zero-order valence-corrected chi connectivity index (χ0v) is 9.81. The first-order valence-corrected chi connectivity index (χ1v) is 6.84. The van der Waals surface area contributed by atoms with Gasteiger partial charge in [0.2, 0.25) is 0 Å². The van der Waals surface area contributed by atoms with E-state index in [1.165, 1.54) is 0 Å². The summed E-state index contributed by atoms with van der Waals surface area (Å²) in [5.74, 6) is -0.629. The summed E-state index contributed by atoms with van der Waals surface area (Å²) in [4.78, 5) is 21.7. The zero-order chi connectivity index (χ0) is 12.2. The van der Waals surface area contributed by atoms with Crippen LogP contribution in [-0.2, 0) is 25.9 Å². The molecule has 0 bridgehead atoms. The fourth-order valence-electron chi connectivity index (χ4n) is 1.36. The molecule has 1 N–H and O–H groups in total. The normalized spacial score (nSPS) is 12.1. The average Bonchev–Trinajstić information content (AvgIpc) is 2.28. The Bertz CT molecular complexity index is 436. The summed E-state index contributed by atoms with van der Waals surface area (Å²) in [6, 6.07) is 6.32. The number of carboxylic acid groups (broad SMARTS) is 1. The summed E-state index contributed by atoms with van der Waals surface area (Å²) in [6.45, 7) is 1.69. The van der Waals surface area contributed by atoms with Crippen LogP contribution < -0.4 is 0 Å². The number of carbonyl (C=O) groups excluding carboxylic acids is 1. The van der Waals surface area contributed by atoms with Crippen LogP contribution in [0.4, 0.5) is 0 Å². The monoisotopic (exact) mass is 242 g/mol. The minimum absolute atomic E-state index is 0.0716. The lowest BCUT2D eigenvalue weighted by atomic mass is 10.2. The lowest BCUT2D eigenvalue weighted by Gasteiger charge is -2.14. The summed E-state index contributed by atoms with van der Waals surface area (Å²) in [5, 5.41) is 8.58. The van der Waals surface area contributed by atoms with Crippen LogP contribution in [0.15, 0.2) is 29.2 Å². The Labute approximate surface area is 94.7 Å². The number of thiol groups is 1. The highest BCUT2D eigenvalue weighted by Crippen LogP contribution is 2.17. The summed E-state index contributed by atoms with van der Waals surface area (Å²) >= 11 is 0. The van der Waals surface area contributed by atoms with E-state index in [0.29, 0.717) is 16.1 Å². The number of carbonyl (C=O) groups is 2. The number of aliphatic carboxylic acids is 1. The Kier molecular flexibility index (Phi) is 3.95. The fourth-order valence-corrected chi connectivity index (χ4v) is 2.65. The van der Waals surface area contributed by atoms with Crippen molar-refractivity contribution in [3.05, 3.63) is 29.8 Å². The van der Waals surface area contributed by atoms with Crippen molar-refractivity contribution in [1.82, 2.24) is 0 Å². The maximum absolute atomic E-state index is 12.0. The molecule has 1 rings (SSSR count). The van der Waals surface area contributed by atoms with E-state index in [4.69, 9.17) is 5.11 Å². The highest BCUT2D eigenvalue weighted by molar-refractivity contribution is 8.14. The van der Waals surface area contributed by atoms with Crippen molar-refractivity contribution in [1.29, 1.82) is 0 Å². The van der Waals surface area contributed by atoms with Gasteiger partial charge >= 0.3 is 5.97 Å². The van der Waals surface area contributed by atoms with Gasteiger partial charge in [-0.3, -0.25) is 13.8 Å². The summed E-state index contributed by atoms with van der Waals surface area (Å²) in [6.07, 6.45) is -0.0716. The van der Waals surface area contributed by atoms with Gasteiger partial charge in [-0.2, -0.15) is 0 Å². The Morgan fingerprint density at radius 2 is 1.94 bits per heavy atom. The van der Waals surface area contributed by atoms with Gasteiger partial charge in [-0.05, 0) is 27.6 Å². The minimum atomic E-state index is -2.92. The molecule has 0 spiro atoms. The maximum Gasteiger partial charge on any atom is 0.307 e. The largest absolute Gasteiger partial charge is 0.481 e. The number of carboxylic acids is 1. The highest BCUT2D eigenvalue weighted by atomic mass is 32.2. The molecule has 4 nitrogen and oxygen atoms in total. The van der Waals surface area contributed by atoms with E-state index in [1.54, 1.807) is 31.2 Å². The van der Waals surface area contributed by atoms with Crippen molar-refractivity contribution in [2.24, 2.45) is 0 Å². The molecule has 0 heterocycles. The Morgan fingerprint density at radius 3 is 2.31 bits per heavy atom. The second-order valence-electron chi connectivity index (χ2n) is 3.45. The van der Waals surface area contributed by atoms with Crippen molar-refractivity contribution >= 4 is 21.5 Å². The SMILES string of the molecule is CC[SH](=O)(C=O)c1ccc(CC(=O)O)cc1. The quantitative estimate of drug-likeness (QED) is 0.594. The molecule has 0 fully saturated rings. The third-order valence-electron chi connectivity index (χ3n) is 2.37. The Morgan fingerprint density at radius 1 is 1.38 bits per heavy atom. The van der Waals surface area contributed by atoms with Crippen molar-refractivity contribution in [2.45, 2.75) is 18.2 Å². The van der Waals surface area contributed by atoms with Gasteiger partial charge in [0.05, 0.1) is 6.42 Å². The minimum Gasteiger partial charge on any atom is -0.481 e. The number of hydrogen-bond donors (Lipinski definition) is 2. The molecule has 0 aliphatic rings. The standard InChI is InChI=1S/C11H14O4S/c1-2-16(15,8-12)10-5-3-9(4-6-10)7-11(13)14/h3-6,8,16H,2,7H2,1H3,(H,13,14). The van der Waals surface area contributed by atoms with Gasteiger partial charge in [-0.15, -0.1) is 0 Å². The van der Waals surface area contributed by atoms with E-state index >= 15 is 0 Å². The van der Waals surface area contributed by atoms with Gasteiger partial charge in [-0.25, -0.2) is 0 Å². The second-order valence-corrected chi connectivity index (χ2v) is 6.41. The topological polar surface area (TPSA) is 71.4 Å². The first kappa shape index (κ1) is 12.6. The molecule has 0 unspecified atom stereocenters. The van der Waals surface area contributed by atoms with E-state index in [-0.39, 0.29) is 12.2 Å². The molecule has 0 radical (unpaired) electrons. The first-order valence-electron chi connectivity index (χ1n) is 4.88. The Hall–Kier alpha value is -1.49. The van der Waals surface area contributed by atoms with E-state index in [2.05, 4.69) is 0 Å². The molecule has 16 heavy (non-hydrogen) atoms. The fraction of sp³-hybridized carbons (Fsp3) is 0.273. The first-order chi connectivity index (χ1) is 7.51. The van der Waals surface area contributed by atoms with Gasteiger partial charge in [0.1, 0.15) is 0 Å². The molecule has 88 valence electrons. The summed E-state index contributed by atoms with van der Waals surface area (Å²) in [5.41, 5.74) is 1.13. The van der Waals surface area contributed by atoms with Crippen molar-refractivity contribution in [2.75, 3.05) is 5.75 Å². The van der Waals surface area contributed by atoms with Crippen LogP contribution in [0.3, 0.4) is 0 Å². The van der Waals surface area contributed by atoms with Crippen LogP contribution >= 0.6 is 0 Å². The Balaban J connectivity index is 2.98. The van der Waals surface area contributed by atoms with Gasteiger partial charge in [0.15, 0.2) is 5.62 Å². The van der Waals surface area contributed by atoms with Crippen molar-refractivity contribution in [3.8, 4) is 0 Å². The van der Waals surface area contributed by atoms with E-state index < -0.39 is 15.9 Å². The van der Waals surface area contributed by atoms with Gasteiger partial charge in [0.25, 0.3) is 0 Å². The predicted molar refractivity (Wildman–Crippen MR) is 62.9 cm³/mol. The van der Waals surface area contributed by atoms with E-state index in [9.17, 15) is 13.8 Å². The lowest BCUT2D eigenvalue weighted by molar-refractivity contribution is -0.136. The van der Waals surface area contributed by atoms with Gasteiger partial charge in [0, 0.05) is 10.6 Å². The van der Waals surface area contributed by atoms with Crippen molar-refractivity contribution in [3.63, 3.8) is 0 Å². The van der Waals surface area contributed by atoms with Crippen LogP contribution in [0.1, 0.15) is 12.5 Å². The molecular weight excluding hydrogens is 228 g/mol. The number of rotatable bonds is 5. The highest BCUT2D eigenvalue weighted by Gasteiger charge is 2.14. The lowest BCUT2D eigenvalue weighted by Crippen LogP contribution is -2.16. The molecule has 1 aromatic carbocycles.